The summed E-state index contributed by atoms with van der Waals surface area (Å²) in [5.74, 6) is 0.347. The van der Waals surface area contributed by atoms with Crippen LogP contribution in [0.1, 0.15) is 24.2 Å². The van der Waals surface area contributed by atoms with Gasteiger partial charge < -0.3 is 19.1 Å². The average Bonchev–Trinajstić information content (AvgIpc) is 2.51. The van der Waals surface area contributed by atoms with E-state index in [1.165, 1.54) is 19.1 Å². The minimum absolute atomic E-state index is 0.0815. The minimum Gasteiger partial charge on any atom is -0.493 e. The van der Waals surface area contributed by atoms with Crippen molar-refractivity contribution in [3.05, 3.63) is 23.8 Å². The molecule has 6 heteroatoms. The molecule has 0 saturated heterocycles. The van der Waals surface area contributed by atoms with Crippen LogP contribution in [0.2, 0.25) is 0 Å². The van der Waals surface area contributed by atoms with Crippen LogP contribution < -0.4 is 9.47 Å². The molecule has 0 aliphatic carbocycles. The summed E-state index contributed by atoms with van der Waals surface area (Å²) in [6, 6.07) is 4.93. The van der Waals surface area contributed by atoms with Crippen LogP contribution in [0.25, 0.3) is 0 Å². The van der Waals surface area contributed by atoms with E-state index >= 15 is 0 Å². The number of likely N-dealkylation sites (N-methyl/N-ethyl adjacent to an activating group) is 1. The number of ether oxygens (including phenoxy) is 3. The van der Waals surface area contributed by atoms with Crippen molar-refractivity contribution in [3.63, 3.8) is 0 Å². The van der Waals surface area contributed by atoms with Gasteiger partial charge in [-0.2, -0.15) is 0 Å². The lowest BCUT2D eigenvalue weighted by Gasteiger charge is -2.20. The van der Waals surface area contributed by atoms with Crippen molar-refractivity contribution in [1.29, 1.82) is 0 Å². The molecule has 0 bridgehead atoms. The molecule has 0 N–H and O–H groups in total. The van der Waals surface area contributed by atoms with Gasteiger partial charge >= 0.3 is 5.97 Å². The molecule has 1 aromatic carbocycles. The molecule has 0 unspecified atom stereocenters. The first-order valence-electron chi connectivity index (χ1n) is 6.74. The molecule has 1 aromatic rings. The third kappa shape index (κ3) is 4.37. The number of carbonyl (C=O) groups is 2. The Labute approximate surface area is 124 Å². The molecule has 0 aliphatic rings. The second kappa shape index (κ2) is 8.14. The molecular formula is C15H21NO5. The standard InChI is InChI=1S/C15H21NO5/c1-5-16(10-14(17)20-4)15(18)11-7-8-12(19-3)13(9-11)21-6-2/h7-9H,5-6,10H2,1-4H3. The molecule has 0 radical (unpaired) electrons. The van der Waals surface area contributed by atoms with E-state index in [4.69, 9.17) is 9.47 Å². The summed E-state index contributed by atoms with van der Waals surface area (Å²) in [6.45, 7) is 4.44. The second-order valence-electron chi connectivity index (χ2n) is 4.19. The van der Waals surface area contributed by atoms with E-state index in [1.807, 2.05) is 6.92 Å². The zero-order chi connectivity index (χ0) is 15.8. The highest BCUT2D eigenvalue weighted by molar-refractivity contribution is 5.96. The average molecular weight is 295 g/mol. The Kier molecular flexibility index (Phi) is 6.52. The van der Waals surface area contributed by atoms with Crippen molar-refractivity contribution in [3.8, 4) is 11.5 Å². The number of benzene rings is 1. The van der Waals surface area contributed by atoms with E-state index in [9.17, 15) is 9.59 Å². The maximum Gasteiger partial charge on any atom is 0.325 e. The number of methoxy groups -OCH3 is 2. The predicted octanol–water partition coefficient (Wildman–Crippen LogP) is 1.73. The summed E-state index contributed by atoms with van der Waals surface area (Å²) >= 11 is 0. The highest BCUT2D eigenvalue weighted by Crippen LogP contribution is 2.28. The molecule has 0 heterocycles. The number of esters is 1. The Bertz CT molecular complexity index is 501. The van der Waals surface area contributed by atoms with Gasteiger partial charge in [0.2, 0.25) is 0 Å². The van der Waals surface area contributed by atoms with Gasteiger partial charge in [-0.25, -0.2) is 0 Å². The Morgan fingerprint density at radius 1 is 1.14 bits per heavy atom. The first-order valence-corrected chi connectivity index (χ1v) is 6.74. The molecule has 0 aromatic heterocycles. The second-order valence-corrected chi connectivity index (χ2v) is 4.19. The fourth-order valence-electron chi connectivity index (χ4n) is 1.81. The molecule has 0 spiro atoms. The molecule has 1 amide bonds. The van der Waals surface area contributed by atoms with Gasteiger partial charge in [-0.15, -0.1) is 0 Å². The zero-order valence-electron chi connectivity index (χ0n) is 12.8. The van der Waals surface area contributed by atoms with E-state index < -0.39 is 5.97 Å². The number of amides is 1. The number of rotatable bonds is 7. The topological polar surface area (TPSA) is 65.1 Å². The first kappa shape index (κ1) is 16.8. The van der Waals surface area contributed by atoms with E-state index in [2.05, 4.69) is 4.74 Å². The molecule has 0 saturated carbocycles. The zero-order valence-corrected chi connectivity index (χ0v) is 12.8. The van der Waals surface area contributed by atoms with E-state index in [0.717, 1.165) is 0 Å². The van der Waals surface area contributed by atoms with Crippen molar-refractivity contribution < 1.29 is 23.8 Å². The van der Waals surface area contributed by atoms with Gasteiger partial charge in [-0.05, 0) is 32.0 Å². The van der Waals surface area contributed by atoms with Gasteiger partial charge in [-0.3, -0.25) is 9.59 Å². The van der Waals surface area contributed by atoms with Crippen LogP contribution in [0.4, 0.5) is 0 Å². The van der Waals surface area contributed by atoms with Crippen LogP contribution in [-0.4, -0.2) is 50.7 Å². The van der Waals surface area contributed by atoms with Crippen molar-refractivity contribution in [2.45, 2.75) is 13.8 Å². The lowest BCUT2D eigenvalue weighted by Crippen LogP contribution is -2.36. The lowest BCUT2D eigenvalue weighted by molar-refractivity contribution is -0.141. The lowest BCUT2D eigenvalue weighted by atomic mass is 10.1. The van der Waals surface area contributed by atoms with Crippen LogP contribution in [0.5, 0.6) is 11.5 Å². The number of nitrogens with zero attached hydrogens (tertiary/aromatic N) is 1. The highest BCUT2D eigenvalue weighted by atomic mass is 16.5. The SMILES string of the molecule is CCOc1cc(C(=O)N(CC)CC(=O)OC)ccc1OC. The fraction of sp³-hybridized carbons (Fsp3) is 0.467. The Hall–Kier alpha value is -2.24. The molecular weight excluding hydrogens is 274 g/mol. The van der Waals surface area contributed by atoms with E-state index in [0.29, 0.717) is 30.2 Å². The monoisotopic (exact) mass is 295 g/mol. The van der Waals surface area contributed by atoms with Gasteiger partial charge in [0.15, 0.2) is 11.5 Å². The minimum atomic E-state index is -0.455. The van der Waals surface area contributed by atoms with Gasteiger partial charge in [0, 0.05) is 12.1 Å². The third-order valence-electron chi connectivity index (χ3n) is 2.93. The maximum absolute atomic E-state index is 12.4. The van der Waals surface area contributed by atoms with Crippen molar-refractivity contribution in [2.75, 3.05) is 33.9 Å². The molecule has 21 heavy (non-hydrogen) atoms. The largest absolute Gasteiger partial charge is 0.493 e. The van der Waals surface area contributed by atoms with Crippen LogP contribution in [-0.2, 0) is 9.53 Å². The highest BCUT2D eigenvalue weighted by Gasteiger charge is 2.19. The molecule has 0 aliphatic heterocycles. The molecule has 116 valence electrons. The Balaban J connectivity index is 2.99. The molecule has 0 atom stereocenters. The number of hydrogen-bond acceptors (Lipinski definition) is 5. The number of carbonyl (C=O) groups excluding carboxylic acids is 2. The maximum atomic E-state index is 12.4. The summed E-state index contributed by atoms with van der Waals surface area (Å²) in [6.07, 6.45) is 0. The summed E-state index contributed by atoms with van der Waals surface area (Å²) in [4.78, 5) is 25.1. The number of hydrogen-bond donors (Lipinski definition) is 0. The van der Waals surface area contributed by atoms with Crippen LogP contribution in [0.15, 0.2) is 18.2 Å². The summed E-state index contributed by atoms with van der Waals surface area (Å²) in [5.41, 5.74) is 0.435. The van der Waals surface area contributed by atoms with Crippen LogP contribution in [0, 0.1) is 0 Å². The smallest absolute Gasteiger partial charge is 0.325 e. The molecule has 6 nitrogen and oxygen atoms in total. The third-order valence-corrected chi connectivity index (χ3v) is 2.93. The quantitative estimate of drug-likeness (QED) is 0.717. The fourth-order valence-corrected chi connectivity index (χ4v) is 1.81. The van der Waals surface area contributed by atoms with Gasteiger partial charge in [0.1, 0.15) is 6.54 Å². The molecule has 0 fully saturated rings. The van der Waals surface area contributed by atoms with E-state index in [1.54, 1.807) is 25.1 Å². The van der Waals surface area contributed by atoms with Crippen molar-refractivity contribution in [1.82, 2.24) is 4.90 Å². The molecule has 1 rings (SSSR count). The van der Waals surface area contributed by atoms with E-state index in [-0.39, 0.29) is 12.5 Å². The normalized spacial score (nSPS) is 9.90. The summed E-state index contributed by atoms with van der Waals surface area (Å²) in [5, 5.41) is 0. The van der Waals surface area contributed by atoms with Crippen LogP contribution >= 0.6 is 0 Å². The summed E-state index contributed by atoms with van der Waals surface area (Å²) < 4.78 is 15.2. The van der Waals surface area contributed by atoms with Gasteiger partial charge in [0.05, 0.1) is 20.8 Å². The summed E-state index contributed by atoms with van der Waals surface area (Å²) in [7, 11) is 2.83. The predicted molar refractivity (Wildman–Crippen MR) is 77.8 cm³/mol. The first-order chi connectivity index (χ1) is 10.1. The Morgan fingerprint density at radius 3 is 2.38 bits per heavy atom. The van der Waals surface area contributed by atoms with Crippen molar-refractivity contribution in [2.24, 2.45) is 0 Å². The van der Waals surface area contributed by atoms with Crippen molar-refractivity contribution >= 4 is 11.9 Å². The van der Waals surface area contributed by atoms with Gasteiger partial charge in [-0.1, -0.05) is 0 Å². The van der Waals surface area contributed by atoms with Gasteiger partial charge in [0.25, 0.3) is 5.91 Å². The van der Waals surface area contributed by atoms with Crippen LogP contribution in [0.3, 0.4) is 0 Å². The Morgan fingerprint density at radius 2 is 1.86 bits per heavy atom.